The number of hydrogen-bond acceptors (Lipinski definition) is 4. The molecule has 2 aromatic heterocycles. The number of rotatable bonds is 3. The van der Waals surface area contributed by atoms with E-state index in [2.05, 4.69) is 20.4 Å². The number of nitrogens with one attached hydrogen (secondary N) is 1. The molecule has 1 aliphatic heterocycles. The van der Waals surface area contributed by atoms with E-state index in [9.17, 15) is 4.79 Å². The Hall–Kier alpha value is -2.67. The second kappa shape index (κ2) is 6.00. The summed E-state index contributed by atoms with van der Waals surface area (Å²) in [6.07, 6.45) is 0. The highest BCUT2D eigenvalue weighted by Crippen LogP contribution is 2.29. The average molecular weight is 357 g/mol. The molecule has 3 heterocycles. The molecule has 0 spiro atoms. The van der Waals surface area contributed by atoms with Crippen LogP contribution in [-0.4, -0.2) is 35.8 Å². The number of aromatic amines is 1. The maximum Gasteiger partial charge on any atom is 0.246 e. The minimum atomic E-state index is -0.395. The van der Waals surface area contributed by atoms with Gasteiger partial charge < -0.3 is 4.90 Å². The number of benzene rings is 1. The lowest BCUT2D eigenvalue weighted by Crippen LogP contribution is -2.41. The summed E-state index contributed by atoms with van der Waals surface area (Å²) in [4.78, 5) is 14.6. The Kier molecular flexibility index (Phi) is 3.80. The third-order valence-corrected chi connectivity index (χ3v) is 4.78. The molecule has 4 rings (SSSR count). The van der Waals surface area contributed by atoms with Crippen molar-refractivity contribution in [2.24, 2.45) is 0 Å². The van der Waals surface area contributed by atoms with Crippen LogP contribution in [0.4, 0.5) is 0 Å². The molecule has 25 heavy (non-hydrogen) atoms. The zero-order chi connectivity index (χ0) is 17.6. The van der Waals surface area contributed by atoms with Crippen molar-refractivity contribution in [2.45, 2.75) is 33.0 Å². The standard InChI is InChI=1S/C17H17ClN6O/c1-10-7-14(20-19-10)16-22-21-15-9-23(17(25)11(2)24(15)16)8-12-5-3-4-6-13(12)18/h3-7,11H,8-9H2,1-2H3,(H,19,20)/t11-/m0/s1. The van der Waals surface area contributed by atoms with Gasteiger partial charge in [0.2, 0.25) is 5.91 Å². The van der Waals surface area contributed by atoms with Crippen molar-refractivity contribution in [3.63, 3.8) is 0 Å². The predicted molar refractivity (Wildman–Crippen MR) is 92.8 cm³/mol. The molecule has 0 saturated heterocycles. The smallest absolute Gasteiger partial charge is 0.246 e. The Balaban J connectivity index is 1.67. The first-order valence-corrected chi connectivity index (χ1v) is 8.40. The molecule has 1 atom stereocenters. The summed E-state index contributed by atoms with van der Waals surface area (Å²) in [7, 11) is 0. The summed E-state index contributed by atoms with van der Waals surface area (Å²) in [5.74, 6) is 1.37. The first kappa shape index (κ1) is 15.8. The highest BCUT2D eigenvalue weighted by atomic mass is 35.5. The molecule has 0 fully saturated rings. The van der Waals surface area contributed by atoms with E-state index in [4.69, 9.17) is 11.6 Å². The van der Waals surface area contributed by atoms with Crippen LogP contribution in [0.25, 0.3) is 11.5 Å². The van der Waals surface area contributed by atoms with Crippen molar-refractivity contribution in [1.29, 1.82) is 0 Å². The molecule has 1 aromatic carbocycles. The second-order valence-corrected chi connectivity index (χ2v) is 6.61. The first-order valence-electron chi connectivity index (χ1n) is 8.03. The van der Waals surface area contributed by atoms with Crippen LogP contribution in [0.3, 0.4) is 0 Å². The summed E-state index contributed by atoms with van der Waals surface area (Å²) in [5.41, 5.74) is 2.54. The van der Waals surface area contributed by atoms with Crippen molar-refractivity contribution < 1.29 is 4.79 Å². The summed E-state index contributed by atoms with van der Waals surface area (Å²) in [6, 6.07) is 9.05. The third-order valence-electron chi connectivity index (χ3n) is 4.41. The Morgan fingerprint density at radius 1 is 1.32 bits per heavy atom. The van der Waals surface area contributed by atoms with Crippen LogP contribution in [0.5, 0.6) is 0 Å². The topological polar surface area (TPSA) is 79.7 Å². The molecular formula is C17H17ClN6O. The van der Waals surface area contributed by atoms with Crippen molar-refractivity contribution >= 4 is 17.5 Å². The van der Waals surface area contributed by atoms with Gasteiger partial charge in [-0.05, 0) is 31.5 Å². The number of hydrogen-bond donors (Lipinski definition) is 1. The van der Waals surface area contributed by atoms with Crippen molar-refractivity contribution in [3.8, 4) is 11.5 Å². The number of aromatic nitrogens is 5. The maximum atomic E-state index is 12.9. The molecule has 0 aliphatic carbocycles. The predicted octanol–water partition coefficient (Wildman–Crippen LogP) is 2.73. The number of halogens is 1. The SMILES string of the molecule is Cc1cc(-c2nnc3n2[C@@H](C)C(=O)N(Cc2ccccc2Cl)C3)n[nH]1. The van der Waals surface area contributed by atoms with E-state index >= 15 is 0 Å². The van der Waals surface area contributed by atoms with Crippen molar-refractivity contribution in [2.75, 3.05) is 0 Å². The van der Waals surface area contributed by atoms with Crippen LogP contribution >= 0.6 is 11.6 Å². The molecule has 1 amide bonds. The highest BCUT2D eigenvalue weighted by molar-refractivity contribution is 6.31. The van der Waals surface area contributed by atoms with Gasteiger partial charge in [0, 0.05) is 17.3 Å². The van der Waals surface area contributed by atoms with Crippen LogP contribution in [0.15, 0.2) is 30.3 Å². The van der Waals surface area contributed by atoms with Crippen molar-refractivity contribution in [1.82, 2.24) is 29.9 Å². The number of nitrogens with zero attached hydrogens (tertiary/aromatic N) is 5. The number of carbonyl (C=O) groups excluding carboxylic acids is 1. The minimum Gasteiger partial charge on any atom is -0.329 e. The summed E-state index contributed by atoms with van der Waals surface area (Å²) in [6.45, 7) is 4.62. The summed E-state index contributed by atoms with van der Waals surface area (Å²) >= 11 is 6.23. The van der Waals surface area contributed by atoms with E-state index in [-0.39, 0.29) is 5.91 Å². The molecule has 8 heteroatoms. The van der Waals surface area contributed by atoms with Gasteiger partial charge in [0.05, 0.1) is 6.54 Å². The van der Waals surface area contributed by atoms with Crippen LogP contribution in [-0.2, 0) is 17.9 Å². The summed E-state index contributed by atoms with van der Waals surface area (Å²) in [5, 5.41) is 16.3. The lowest BCUT2D eigenvalue weighted by molar-refractivity contribution is -0.137. The molecule has 3 aromatic rings. The van der Waals surface area contributed by atoms with E-state index in [1.165, 1.54) is 0 Å². The van der Waals surface area contributed by atoms with Gasteiger partial charge in [-0.2, -0.15) is 5.10 Å². The van der Waals surface area contributed by atoms with Gasteiger partial charge in [0.25, 0.3) is 0 Å². The number of amides is 1. The molecular weight excluding hydrogens is 340 g/mol. The van der Waals surface area contributed by atoms with E-state index in [0.29, 0.717) is 29.6 Å². The molecule has 0 unspecified atom stereocenters. The number of H-pyrrole nitrogens is 1. The number of fused-ring (bicyclic) bond motifs is 1. The lowest BCUT2D eigenvalue weighted by atomic mass is 10.1. The van der Waals surface area contributed by atoms with Crippen LogP contribution in [0, 0.1) is 6.92 Å². The summed E-state index contributed by atoms with van der Waals surface area (Å²) < 4.78 is 1.86. The zero-order valence-corrected chi connectivity index (χ0v) is 14.7. The molecule has 128 valence electrons. The van der Waals surface area contributed by atoms with Gasteiger partial charge in [0.1, 0.15) is 11.7 Å². The first-order chi connectivity index (χ1) is 12.0. The largest absolute Gasteiger partial charge is 0.329 e. The Labute approximate surface area is 149 Å². The fourth-order valence-corrected chi connectivity index (χ4v) is 3.33. The normalized spacial score (nSPS) is 17.0. The fraction of sp³-hybridized carbons (Fsp3) is 0.294. The van der Waals surface area contributed by atoms with E-state index in [1.807, 2.05) is 48.7 Å². The molecule has 1 aliphatic rings. The fourth-order valence-electron chi connectivity index (χ4n) is 3.14. The van der Waals surface area contributed by atoms with Crippen LogP contribution in [0.1, 0.15) is 30.0 Å². The van der Waals surface area contributed by atoms with E-state index < -0.39 is 6.04 Å². The zero-order valence-electron chi connectivity index (χ0n) is 13.9. The number of aryl methyl sites for hydroxylation is 1. The molecule has 0 bridgehead atoms. The van der Waals surface area contributed by atoms with E-state index in [1.54, 1.807) is 4.90 Å². The van der Waals surface area contributed by atoms with Gasteiger partial charge in [-0.1, -0.05) is 29.8 Å². The van der Waals surface area contributed by atoms with E-state index in [0.717, 1.165) is 17.1 Å². The highest BCUT2D eigenvalue weighted by Gasteiger charge is 2.34. The lowest BCUT2D eigenvalue weighted by Gasteiger charge is -2.32. The van der Waals surface area contributed by atoms with Crippen LogP contribution < -0.4 is 0 Å². The average Bonchev–Trinajstić information content (AvgIpc) is 3.20. The van der Waals surface area contributed by atoms with Gasteiger partial charge in [-0.3, -0.25) is 14.5 Å². The number of carbonyl (C=O) groups is 1. The van der Waals surface area contributed by atoms with Crippen LogP contribution in [0.2, 0.25) is 5.02 Å². The second-order valence-electron chi connectivity index (χ2n) is 6.21. The Morgan fingerprint density at radius 3 is 2.84 bits per heavy atom. The van der Waals surface area contributed by atoms with Gasteiger partial charge >= 0.3 is 0 Å². The molecule has 0 saturated carbocycles. The Bertz CT molecular complexity index is 946. The molecule has 7 nitrogen and oxygen atoms in total. The molecule has 0 radical (unpaired) electrons. The molecule has 1 N–H and O–H groups in total. The van der Waals surface area contributed by atoms with Gasteiger partial charge in [-0.15, -0.1) is 10.2 Å². The maximum absolute atomic E-state index is 12.9. The third kappa shape index (κ3) is 2.70. The monoisotopic (exact) mass is 356 g/mol. The minimum absolute atomic E-state index is 0.0146. The van der Waals surface area contributed by atoms with Gasteiger partial charge in [0.15, 0.2) is 11.6 Å². The quantitative estimate of drug-likeness (QED) is 0.782. The van der Waals surface area contributed by atoms with Gasteiger partial charge in [-0.25, -0.2) is 0 Å². The Morgan fingerprint density at radius 2 is 2.12 bits per heavy atom. The van der Waals surface area contributed by atoms with Crippen molar-refractivity contribution in [3.05, 3.63) is 52.4 Å².